The summed E-state index contributed by atoms with van der Waals surface area (Å²) in [6.07, 6.45) is 1.60. The van der Waals surface area contributed by atoms with E-state index in [1.165, 1.54) is 6.07 Å². The molecule has 0 unspecified atom stereocenters. The first kappa shape index (κ1) is 18.0. The van der Waals surface area contributed by atoms with Crippen molar-refractivity contribution in [1.82, 2.24) is 9.97 Å². The number of nitrogens with zero attached hydrogens (tertiary/aromatic N) is 2. The van der Waals surface area contributed by atoms with Gasteiger partial charge in [-0.3, -0.25) is 4.79 Å². The quantitative estimate of drug-likeness (QED) is 0.652. The number of nitriles is 1. The number of sulfone groups is 1. The minimum Gasteiger partial charge on any atom is -0.300 e. The van der Waals surface area contributed by atoms with Crippen LogP contribution in [-0.4, -0.2) is 30.1 Å². The molecule has 1 N–H and O–H groups in total. The Morgan fingerprint density at radius 3 is 2.54 bits per heavy atom. The van der Waals surface area contributed by atoms with E-state index in [1.54, 1.807) is 12.3 Å². The molecular formula is C13H8F3N3O3S2. The summed E-state index contributed by atoms with van der Waals surface area (Å²) < 4.78 is 61.0. The summed E-state index contributed by atoms with van der Waals surface area (Å²) in [6.45, 7) is 0. The third-order valence-corrected chi connectivity index (χ3v) is 4.99. The molecule has 0 radical (unpaired) electrons. The van der Waals surface area contributed by atoms with Crippen LogP contribution in [0.1, 0.15) is 5.56 Å². The van der Waals surface area contributed by atoms with Gasteiger partial charge in [-0.2, -0.15) is 18.4 Å². The fourth-order valence-electron chi connectivity index (χ4n) is 1.81. The molecule has 0 amide bonds. The predicted molar refractivity (Wildman–Crippen MR) is 80.0 cm³/mol. The number of rotatable bonds is 3. The monoisotopic (exact) mass is 375 g/mol. The maximum atomic E-state index is 12.7. The Labute approximate surface area is 138 Å². The van der Waals surface area contributed by atoms with Crippen molar-refractivity contribution in [2.45, 2.75) is 15.6 Å². The lowest BCUT2D eigenvalue weighted by atomic mass is 10.1. The number of H-pyrrole nitrogens is 1. The van der Waals surface area contributed by atoms with Crippen molar-refractivity contribution in [2.75, 3.05) is 6.26 Å². The van der Waals surface area contributed by atoms with E-state index in [4.69, 9.17) is 5.26 Å². The number of hydrogen-bond acceptors (Lipinski definition) is 6. The van der Waals surface area contributed by atoms with E-state index >= 15 is 0 Å². The molecule has 24 heavy (non-hydrogen) atoms. The van der Waals surface area contributed by atoms with Crippen molar-refractivity contribution in [3.05, 3.63) is 40.2 Å². The number of halogens is 3. The minimum atomic E-state index is -5.55. The molecule has 0 aliphatic carbocycles. The van der Waals surface area contributed by atoms with Crippen LogP contribution in [0.15, 0.2) is 39.1 Å². The Kier molecular flexibility index (Phi) is 4.73. The number of alkyl halides is 3. The third kappa shape index (κ3) is 3.15. The molecule has 0 atom stereocenters. The summed E-state index contributed by atoms with van der Waals surface area (Å²) in [5, 5.41) is 9.20. The Balaban J connectivity index is 2.74. The first-order valence-corrected chi connectivity index (χ1v) is 8.83. The maximum absolute atomic E-state index is 12.7. The van der Waals surface area contributed by atoms with E-state index in [-0.39, 0.29) is 16.4 Å². The van der Waals surface area contributed by atoms with E-state index < -0.39 is 31.4 Å². The highest BCUT2D eigenvalue weighted by Crippen LogP contribution is 2.32. The Bertz CT molecular complexity index is 992. The summed E-state index contributed by atoms with van der Waals surface area (Å²) in [7, 11) is -5.55. The molecular weight excluding hydrogens is 367 g/mol. The molecule has 1 aromatic carbocycles. The predicted octanol–water partition coefficient (Wildman–Crippen LogP) is 2.32. The smallest absolute Gasteiger partial charge is 0.300 e. The van der Waals surface area contributed by atoms with Crippen LogP contribution in [0.5, 0.6) is 0 Å². The molecule has 0 aliphatic rings. The topological polar surface area (TPSA) is 104 Å². The summed E-state index contributed by atoms with van der Waals surface area (Å²) >= 11 is 1.05. The van der Waals surface area contributed by atoms with Gasteiger partial charge < -0.3 is 4.98 Å². The van der Waals surface area contributed by atoms with E-state index in [1.807, 2.05) is 0 Å². The van der Waals surface area contributed by atoms with Gasteiger partial charge >= 0.3 is 5.51 Å². The van der Waals surface area contributed by atoms with Gasteiger partial charge in [0.05, 0.1) is 10.6 Å². The van der Waals surface area contributed by atoms with Gasteiger partial charge in [-0.15, -0.1) is 0 Å². The lowest BCUT2D eigenvalue weighted by molar-refractivity contribution is -0.0435. The zero-order chi connectivity index (χ0) is 18.1. The van der Waals surface area contributed by atoms with Crippen molar-refractivity contribution in [2.24, 2.45) is 0 Å². The third-order valence-electron chi connectivity index (χ3n) is 2.93. The van der Waals surface area contributed by atoms with Crippen LogP contribution in [0.2, 0.25) is 0 Å². The maximum Gasteiger partial charge on any atom is 0.501 e. The van der Waals surface area contributed by atoms with Gasteiger partial charge in [0.15, 0.2) is 5.16 Å². The van der Waals surface area contributed by atoms with E-state index in [2.05, 4.69) is 9.97 Å². The van der Waals surface area contributed by atoms with Crippen LogP contribution in [0.4, 0.5) is 13.2 Å². The number of nitrogens with one attached hydrogen (secondary N) is 1. The SMILES string of the molecule is CSc1nc(-c2cccc(S(=O)(=O)C(F)(F)F)c2)c(C#N)c(=O)[nH]1. The van der Waals surface area contributed by atoms with Crippen LogP contribution >= 0.6 is 11.8 Å². The average Bonchev–Trinajstić information content (AvgIpc) is 2.53. The van der Waals surface area contributed by atoms with Crippen LogP contribution < -0.4 is 5.56 Å². The lowest BCUT2D eigenvalue weighted by Crippen LogP contribution is -2.23. The molecule has 0 fully saturated rings. The van der Waals surface area contributed by atoms with Gasteiger partial charge in [-0.05, 0) is 18.4 Å². The van der Waals surface area contributed by atoms with E-state index in [0.717, 1.165) is 30.0 Å². The molecule has 0 bridgehead atoms. The van der Waals surface area contributed by atoms with Crippen molar-refractivity contribution in [1.29, 1.82) is 5.26 Å². The normalized spacial score (nSPS) is 12.0. The van der Waals surface area contributed by atoms with E-state index in [0.29, 0.717) is 0 Å². The van der Waals surface area contributed by atoms with Crippen LogP contribution in [0.25, 0.3) is 11.3 Å². The summed E-state index contributed by atoms with van der Waals surface area (Å²) in [6, 6.07) is 5.47. The van der Waals surface area contributed by atoms with Crippen molar-refractivity contribution >= 4 is 21.6 Å². The zero-order valence-electron chi connectivity index (χ0n) is 11.9. The largest absolute Gasteiger partial charge is 0.501 e. The second kappa shape index (κ2) is 6.29. The Morgan fingerprint density at radius 2 is 2.00 bits per heavy atom. The fourth-order valence-corrected chi connectivity index (χ4v) is 2.99. The molecule has 0 spiro atoms. The molecule has 11 heteroatoms. The summed E-state index contributed by atoms with van der Waals surface area (Å²) in [5.41, 5.74) is -6.93. The van der Waals surface area contributed by atoms with E-state index in [9.17, 15) is 26.4 Å². The van der Waals surface area contributed by atoms with Crippen LogP contribution in [0.3, 0.4) is 0 Å². The molecule has 1 aromatic heterocycles. The van der Waals surface area contributed by atoms with Crippen molar-refractivity contribution in [3.63, 3.8) is 0 Å². The lowest BCUT2D eigenvalue weighted by Gasteiger charge is -2.10. The Morgan fingerprint density at radius 1 is 1.33 bits per heavy atom. The number of aromatic nitrogens is 2. The van der Waals surface area contributed by atoms with Crippen molar-refractivity contribution < 1.29 is 21.6 Å². The minimum absolute atomic E-state index is 0.0849. The highest BCUT2D eigenvalue weighted by atomic mass is 32.2. The average molecular weight is 375 g/mol. The van der Waals surface area contributed by atoms with Gasteiger partial charge in [0.25, 0.3) is 15.4 Å². The van der Waals surface area contributed by atoms with Gasteiger partial charge in [0.2, 0.25) is 0 Å². The molecule has 1 heterocycles. The number of aromatic amines is 1. The van der Waals surface area contributed by atoms with Crippen LogP contribution in [0, 0.1) is 11.3 Å². The molecule has 0 saturated heterocycles. The van der Waals surface area contributed by atoms with Gasteiger partial charge in [0.1, 0.15) is 11.6 Å². The molecule has 2 aromatic rings. The highest BCUT2D eigenvalue weighted by Gasteiger charge is 2.46. The second-order valence-electron chi connectivity index (χ2n) is 4.39. The number of thioether (sulfide) groups is 1. The Hall–Kier alpha value is -2.32. The molecule has 2 rings (SSSR count). The number of hydrogen-bond donors (Lipinski definition) is 1. The zero-order valence-corrected chi connectivity index (χ0v) is 13.5. The first-order valence-electron chi connectivity index (χ1n) is 6.12. The van der Waals surface area contributed by atoms with Gasteiger partial charge in [0, 0.05) is 5.56 Å². The molecule has 6 nitrogen and oxygen atoms in total. The molecule has 0 aliphatic heterocycles. The van der Waals surface area contributed by atoms with Gasteiger partial charge in [-0.1, -0.05) is 23.9 Å². The first-order chi connectivity index (χ1) is 11.1. The fraction of sp³-hybridized carbons (Fsp3) is 0.154. The van der Waals surface area contributed by atoms with Crippen molar-refractivity contribution in [3.8, 4) is 17.3 Å². The molecule has 126 valence electrons. The van der Waals surface area contributed by atoms with Crippen LogP contribution in [-0.2, 0) is 9.84 Å². The summed E-state index contributed by atoms with van der Waals surface area (Å²) in [5.74, 6) is 0. The second-order valence-corrected chi connectivity index (χ2v) is 7.12. The van der Waals surface area contributed by atoms with Gasteiger partial charge in [-0.25, -0.2) is 13.4 Å². The molecule has 0 saturated carbocycles. The highest BCUT2D eigenvalue weighted by molar-refractivity contribution is 7.98. The standard InChI is InChI=1S/C13H8F3N3O3S2/c1-23-12-18-10(9(6-17)11(20)19-12)7-3-2-4-8(5-7)24(21,22)13(14,15)16/h2-5H,1H3,(H,18,19,20). The summed E-state index contributed by atoms with van der Waals surface area (Å²) in [4.78, 5) is 17.2. The number of benzene rings is 1.